The van der Waals surface area contributed by atoms with Crippen LogP contribution in [0.25, 0.3) is 0 Å². The first-order valence-corrected chi connectivity index (χ1v) is 8.15. The maximum atomic E-state index is 12.2. The number of hydrogen-bond donors (Lipinski definition) is 2. The zero-order chi connectivity index (χ0) is 14.5. The molecule has 0 spiro atoms. The fraction of sp³-hybridized carbons (Fsp3) is 0.875. The first-order chi connectivity index (χ1) is 9.58. The van der Waals surface area contributed by atoms with Gasteiger partial charge in [-0.3, -0.25) is 4.79 Å². The van der Waals surface area contributed by atoms with Gasteiger partial charge in [0.25, 0.3) is 0 Å². The van der Waals surface area contributed by atoms with Crippen molar-refractivity contribution in [1.29, 1.82) is 0 Å². The molecule has 4 heteroatoms. The molecule has 1 saturated heterocycles. The average Bonchev–Trinajstić information content (AvgIpc) is 2.48. The number of carbonyl (C=O) groups excluding carboxylic acids is 1. The molecular formula is C16H29N3O. The summed E-state index contributed by atoms with van der Waals surface area (Å²) in [6.45, 7) is 7.61. The molecule has 2 aliphatic rings. The molecule has 2 N–H and O–H groups in total. The van der Waals surface area contributed by atoms with E-state index in [2.05, 4.69) is 29.7 Å². The van der Waals surface area contributed by atoms with Crippen LogP contribution in [0.1, 0.15) is 59.3 Å². The molecule has 1 heterocycles. The maximum absolute atomic E-state index is 12.2. The minimum absolute atomic E-state index is 0.110. The Morgan fingerprint density at radius 1 is 1.15 bits per heavy atom. The summed E-state index contributed by atoms with van der Waals surface area (Å²) in [6, 6.07) is 0.342. The summed E-state index contributed by atoms with van der Waals surface area (Å²) < 4.78 is 0. The van der Waals surface area contributed by atoms with Gasteiger partial charge in [-0.15, -0.1) is 0 Å². The van der Waals surface area contributed by atoms with Crippen LogP contribution in [0.3, 0.4) is 0 Å². The predicted octanol–water partition coefficient (Wildman–Crippen LogP) is 2.69. The lowest BCUT2D eigenvalue weighted by atomic mass is 9.75. The van der Waals surface area contributed by atoms with Crippen molar-refractivity contribution in [3.63, 3.8) is 0 Å². The van der Waals surface area contributed by atoms with Crippen LogP contribution in [0.5, 0.6) is 0 Å². The largest absolute Gasteiger partial charge is 0.309 e. The lowest BCUT2D eigenvalue weighted by Crippen LogP contribution is -2.41. The topological polar surface area (TPSA) is 53.5 Å². The first-order valence-electron chi connectivity index (χ1n) is 8.15. The van der Waals surface area contributed by atoms with Crippen molar-refractivity contribution in [2.75, 3.05) is 6.54 Å². The summed E-state index contributed by atoms with van der Waals surface area (Å²) >= 11 is 0. The molecule has 2 rings (SSSR count). The van der Waals surface area contributed by atoms with Crippen molar-refractivity contribution >= 4 is 11.6 Å². The van der Waals surface area contributed by atoms with Crippen LogP contribution in [0, 0.1) is 17.8 Å². The molecule has 1 aliphatic heterocycles. The number of hydrazone groups is 1. The van der Waals surface area contributed by atoms with Crippen LogP contribution in [0.15, 0.2) is 5.10 Å². The molecule has 0 aromatic heterocycles. The SMILES string of the molecule is C/C(=N/NC(=O)C1CCC(C)C(C)C1)C1CCCCN1. The van der Waals surface area contributed by atoms with Crippen molar-refractivity contribution in [3.05, 3.63) is 0 Å². The monoisotopic (exact) mass is 279 g/mol. The van der Waals surface area contributed by atoms with Crippen molar-refractivity contribution in [2.45, 2.75) is 65.3 Å². The van der Waals surface area contributed by atoms with Gasteiger partial charge < -0.3 is 5.32 Å². The minimum Gasteiger partial charge on any atom is -0.309 e. The van der Waals surface area contributed by atoms with Gasteiger partial charge >= 0.3 is 0 Å². The third kappa shape index (κ3) is 4.05. The van der Waals surface area contributed by atoms with Crippen LogP contribution >= 0.6 is 0 Å². The Balaban J connectivity index is 1.81. The van der Waals surface area contributed by atoms with E-state index >= 15 is 0 Å². The Morgan fingerprint density at radius 2 is 1.95 bits per heavy atom. The van der Waals surface area contributed by atoms with Gasteiger partial charge in [-0.05, 0) is 57.4 Å². The van der Waals surface area contributed by atoms with Gasteiger partial charge in [0, 0.05) is 12.0 Å². The van der Waals surface area contributed by atoms with Gasteiger partial charge in [-0.2, -0.15) is 5.10 Å². The summed E-state index contributed by atoms with van der Waals surface area (Å²) in [4.78, 5) is 12.2. The third-order valence-corrected chi connectivity index (χ3v) is 5.13. The van der Waals surface area contributed by atoms with Gasteiger partial charge in [0.15, 0.2) is 0 Å². The van der Waals surface area contributed by atoms with Gasteiger partial charge in [0.1, 0.15) is 0 Å². The van der Waals surface area contributed by atoms with Crippen LogP contribution in [-0.2, 0) is 4.79 Å². The van der Waals surface area contributed by atoms with E-state index in [0.29, 0.717) is 12.0 Å². The summed E-state index contributed by atoms with van der Waals surface area (Å²) in [7, 11) is 0. The molecule has 4 nitrogen and oxygen atoms in total. The molecule has 114 valence electrons. The molecule has 0 aromatic rings. The molecule has 4 unspecified atom stereocenters. The van der Waals surface area contributed by atoms with E-state index < -0.39 is 0 Å². The number of carbonyl (C=O) groups is 1. The normalized spacial score (nSPS) is 35.6. The highest BCUT2D eigenvalue weighted by Gasteiger charge is 2.29. The quantitative estimate of drug-likeness (QED) is 0.616. The van der Waals surface area contributed by atoms with E-state index in [1.165, 1.54) is 12.8 Å². The molecule has 1 aliphatic carbocycles. The van der Waals surface area contributed by atoms with Crippen LogP contribution < -0.4 is 10.7 Å². The summed E-state index contributed by atoms with van der Waals surface area (Å²) in [5.41, 5.74) is 3.80. The Morgan fingerprint density at radius 3 is 2.60 bits per heavy atom. The standard InChI is InChI=1S/C16H29N3O/c1-11-7-8-14(10-12(11)2)16(20)19-18-13(3)15-6-4-5-9-17-15/h11-12,14-15,17H,4-10H2,1-3H3,(H,19,20)/b18-13-. The molecule has 1 saturated carbocycles. The van der Waals surface area contributed by atoms with Gasteiger partial charge in [-0.25, -0.2) is 5.43 Å². The van der Waals surface area contributed by atoms with E-state index in [9.17, 15) is 4.79 Å². The van der Waals surface area contributed by atoms with Gasteiger partial charge in [0.05, 0.1) is 5.71 Å². The lowest BCUT2D eigenvalue weighted by molar-refractivity contribution is -0.126. The number of nitrogens with zero attached hydrogens (tertiary/aromatic N) is 1. The maximum Gasteiger partial charge on any atom is 0.243 e. The van der Waals surface area contributed by atoms with Crippen LogP contribution in [-0.4, -0.2) is 24.2 Å². The van der Waals surface area contributed by atoms with E-state index in [-0.39, 0.29) is 11.8 Å². The summed E-state index contributed by atoms with van der Waals surface area (Å²) in [5, 5.41) is 7.77. The molecule has 2 fully saturated rings. The number of hydrogen-bond acceptors (Lipinski definition) is 3. The second-order valence-electron chi connectivity index (χ2n) is 6.70. The Labute approximate surface area is 122 Å². The molecule has 0 radical (unpaired) electrons. The van der Waals surface area contributed by atoms with E-state index in [1.54, 1.807) is 0 Å². The van der Waals surface area contributed by atoms with E-state index in [1.807, 2.05) is 6.92 Å². The average molecular weight is 279 g/mol. The second-order valence-corrected chi connectivity index (χ2v) is 6.70. The zero-order valence-electron chi connectivity index (χ0n) is 13.1. The Hall–Kier alpha value is -0.900. The zero-order valence-corrected chi connectivity index (χ0v) is 13.1. The van der Waals surface area contributed by atoms with Crippen LogP contribution in [0.2, 0.25) is 0 Å². The number of amides is 1. The number of rotatable bonds is 3. The second kappa shape index (κ2) is 7.21. The Kier molecular flexibility index (Phi) is 5.58. The summed E-state index contributed by atoms with van der Waals surface area (Å²) in [6.07, 6.45) is 6.79. The molecule has 0 bridgehead atoms. The molecule has 4 atom stereocenters. The highest BCUT2D eigenvalue weighted by molar-refractivity contribution is 5.89. The first kappa shape index (κ1) is 15.5. The molecule has 20 heavy (non-hydrogen) atoms. The van der Waals surface area contributed by atoms with E-state index in [4.69, 9.17) is 0 Å². The van der Waals surface area contributed by atoms with Gasteiger partial charge in [0.2, 0.25) is 5.91 Å². The van der Waals surface area contributed by atoms with Crippen molar-refractivity contribution < 1.29 is 4.79 Å². The van der Waals surface area contributed by atoms with Crippen molar-refractivity contribution in [2.24, 2.45) is 22.9 Å². The number of nitrogens with one attached hydrogen (secondary N) is 2. The molecular weight excluding hydrogens is 250 g/mol. The Bertz CT molecular complexity index is 361. The van der Waals surface area contributed by atoms with E-state index in [0.717, 1.165) is 43.9 Å². The minimum atomic E-state index is 0.110. The number of piperidine rings is 1. The lowest BCUT2D eigenvalue weighted by Gasteiger charge is -2.30. The van der Waals surface area contributed by atoms with Crippen molar-refractivity contribution in [3.8, 4) is 0 Å². The van der Waals surface area contributed by atoms with Gasteiger partial charge in [-0.1, -0.05) is 20.3 Å². The molecule has 1 amide bonds. The fourth-order valence-electron chi connectivity index (χ4n) is 3.31. The smallest absolute Gasteiger partial charge is 0.243 e. The van der Waals surface area contributed by atoms with Crippen LogP contribution in [0.4, 0.5) is 0 Å². The van der Waals surface area contributed by atoms with Crippen molar-refractivity contribution in [1.82, 2.24) is 10.7 Å². The third-order valence-electron chi connectivity index (χ3n) is 5.13. The highest BCUT2D eigenvalue weighted by Crippen LogP contribution is 2.33. The highest BCUT2D eigenvalue weighted by atomic mass is 16.2. The summed E-state index contributed by atoms with van der Waals surface area (Å²) in [5.74, 6) is 1.65. The predicted molar refractivity (Wildman–Crippen MR) is 82.6 cm³/mol. The fourth-order valence-corrected chi connectivity index (χ4v) is 3.31. The molecule has 0 aromatic carbocycles.